The fourth-order valence-corrected chi connectivity index (χ4v) is 3.16. The summed E-state index contributed by atoms with van der Waals surface area (Å²) < 4.78 is 5.31. The number of benzene rings is 2. The van der Waals surface area contributed by atoms with Gasteiger partial charge in [0.25, 0.3) is 5.91 Å². The average Bonchev–Trinajstić information content (AvgIpc) is 3.06. The van der Waals surface area contributed by atoms with Crippen molar-refractivity contribution in [3.63, 3.8) is 0 Å². The second-order valence-corrected chi connectivity index (χ2v) is 6.90. The van der Waals surface area contributed by atoms with E-state index in [9.17, 15) is 19.2 Å². The van der Waals surface area contributed by atoms with E-state index in [1.165, 1.54) is 24.0 Å². The van der Waals surface area contributed by atoms with E-state index in [4.69, 9.17) is 4.74 Å². The average molecular weight is 394 g/mol. The van der Waals surface area contributed by atoms with Crippen LogP contribution in [0.5, 0.6) is 0 Å². The van der Waals surface area contributed by atoms with Crippen LogP contribution in [0.1, 0.15) is 35.7 Å². The Kier molecular flexibility index (Phi) is 6.07. The maximum absolute atomic E-state index is 12.5. The van der Waals surface area contributed by atoms with Gasteiger partial charge in [-0.25, -0.2) is 4.79 Å². The van der Waals surface area contributed by atoms with Gasteiger partial charge in [0.1, 0.15) is 0 Å². The Morgan fingerprint density at radius 2 is 1.69 bits per heavy atom. The fourth-order valence-electron chi connectivity index (χ4n) is 3.16. The molecule has 0 saturated carbocycles. The van der Waals surface area contributed by atoms with Crippen molar-refractivity contribution >= 4 is 29.4 Å². The Morgan fingerprint density at radius 3 is 2.34 bits per heavy atom. The normalized spacial score (nSPS) is 14.6. The van der Waals surface area contributed by atoms with Crippen LogP contribution in [0.2, 0.25) is 0 Å². The SMILES string of the molecule is C[C@@H](OC(=O)c1cccc(N2C(=O)CCC2=O)c1)C(=O)N(C)Cc1ccccc1. The lowest BCUT2D eigenvalue weighted by Gasteiger charge is -2.22. The van der Waals surface area contributed by atoms with Gasteiger partial charge in [0.2, 0.25) is 11.8 Å². The Balaban J connectivity index is 1.65. The third kappa shape index (κ3) is 4.68. The molecule has 7 heteroatoms. The molecule has 1 heterocycles. The molecule has 0 aromatic heterocycles. The molecule has 0 aliphatic carbocycles. The summed E-state index contributed by atoms with van der Waals surface area (Å²) in [7, 11) is 1.64. The zero-order valence-electron chi connectivity index (χ0n) is 16.3. The molecule has 0 N–H and O–H groups in total. The molecular weight excluding hydrogens is 372 g/mol. The van der Waals surface area contributed by atoms with E-state index in [-0.39, 0.29) is 36.1 Å². The predicted molar refractivity (Wildman–Crippen MR) is 106 cm³/mol. The number of carbonyl (C=O) groups excluding carboxylic acids is 4. The zero-order chi connectivity index (χ0) is 21.0. The molecule has 0 bridgehead atoms. The third-order valence-electron chi connectivity index (χ3n) is 4.66. The van der Waals surface area contributed by atoms with Gasteiger partial charge in [-0.2, -0.15) is 0 Å². The summed E-state index contributed by atoms with van der Waals surface area (Å²) in [5, 5.41) is 0. The molecule has 2 aromatic rings. The molecule has 1 aliphatic heterocycles. The van der Waals surface area contributed by atoms with E-state index >= 15 is 0 Å². The lowest BCUT2D eigenvalue weighted by Crippen LogP contribution is -2.37. The maximum atomic E-state index is 12.5. The van der Waals surface area contributed by atoms with E-state index in [0.717, 1.165) is 10.5 Å². The number of hydrogen-bond donors (Lipinski definition) is 0. The number of imide groups is 1. The number of carbonyl (C=O) groups is 4. The zero-order valence-corrected chi connectivity index (χ0v) is 16.3. The van der Waals surface area contributed by atoms with Crippen molar-refractivity contribution in [2.75, 3.05) is 11.9 Å². The van der Waals surface area contributed by atoms with Crippen LogP contribution in [0.3, 0.4) is 0 Å². The van der Waals surface area contributed by atoms with Crippen molar-refractivity contribution in [2.24, 2.45) is 0 Å². The number of ether oxygens (including phenoxy) is 1. The number of anilines is 1. The summed E-state index contributed by atoms with van der Waals surface area (Å²) in [5.74, 6) is -1.62. The van der Waals surface area contributed by atoms with Gasteiger partial charge in [0.05, 0.1) is 11.3 Å². The summed E-state index contributed by atoms with van der Waals surface area (Å²) in [6, 6.07) is 15.6. The molecule has 2 aromatic carbocycles. The molecular formula is C22H22N2O5. The molecule has 0 unspecified atom stereocenters. The van der Waals surface area contributed by atoms with Gasteiger partial charge in [-0.3, -0.25) is 19.3 Å². The lowest BCUT2D eigenvalue weighted by molar-refractivity contribution is -0.139. The maximum Gasteiger partial charge on any atom is 0.338 e. The van der Waals surface area contributed by atoms with Gasteiger partial charge in [-0.1, -0.05) is 36.4 Å². The van der Waals surface area contributed by atoms with E-state index < -0.39 is 12.1 Å². The molecule has 3 rings (SSSR count). The highest BCUT2D eigenvalue weighted by molar-refractivity contribution is 6.20. The highest BCUT2D eigenvalue weighted by Crippen LogP contribution is 2.24. The van der Waals surface area contributed by atoms with Crippen LogP contribution >= 0.6 is 0 Å². The Morgan fingerprint density at radius 1 is 1.03 bits per heavy atom. The first kappa shape index (κ1) is 20.3. The minimum atomic E-state index is -0.977. The second-order valence-electron chi connectivity index (χ2n) is 6.90. The molecule has 1 aliphatic rings. The van der Waals surface area contributed by atoms with Crippen LogP contribution < -0.4 is 4.90 Å². The largest absolute Gasteiger partial charge is 0.449 e. The second kappa shape index (κ2) is 8.68. The van der Waals surface area contributed by atoms with Gasteiger partial charge in [-0.05, 0) is 30.7 Å². The van der Waals surface area contributed by atoms with Crippen molar-refractivity contribution in [1.82, 2.24) is 4.90 Å². The van der Waals surface area contributed by atoms with Crippen LogP contribution in [-0.4, -0.2) is 41.7 Å². The minimum Gasteiger partial charge on any atom is -0.449 e. The molecule has 1 saturated heterocycles. The lowest BCUT2D eigenvalue weighted by atomic mass is 10.2. The number of rotatable bonds is 6. The fraction of sp³-hybridized carbons (Fsp3) is 0.273. The van der Waals surface area contributed by atoms with Crippen LogP contribution in [0.15, 0.2) is 54.6 Å². The van der Waals surface area contributed by atoms with Gasteiger partial charge >= 0.3 is 5.97 Å². The summed E-state index contributed by atoms with van der Waals surface area (Å²) in [6.07, 6.45) is -0.658. The summed E-state index contributed by atoms with van der Waals surface area (Å²) >= 11 is 0. The highest BCUT2D eigenvalue weighted by Gasteiger charge is 2.31. The van der Waals surface area contributed by atoms with Crippen LogP contribution in [0, 0.1) is 0 Å². The first-order valence-electron chi connectivity index (χ1n) is 9.32. The molecule has 1 fully saturated rings. The van der Waals surface area contributed by atoms with Gasteiger partial charge in [0.15, 0.2) is 6.10 Å². The smallest absolute Gasteiger partial charge is 0.338 e. The van der Waals surface area contributed by atoms with Gasteiger partial charge in [-0.15, -0.1) is 0 Å². The molecule has 0 radical (unpaired) electrons. The number of esters is 1. The van der Waals surface area contributed by atoms with E-state index in [1.54, 1.807) is 19.2 Å². The minimum absolute atomic E-state index is 0.160. The Labute approximate surface area is 168 Å². The Bertz CT molecular complexity index is 925. The van der Waals surface area contributed by atoms with E-state index in [1.807, 2.05) is 30.3 Å². The highest BCUT2D eigenvalue weighted by atomic mass is 16.5. The van der Waals surface area contributed by atoms with Crippen molar-refractivity contribution in [3.05, 3.63) is 65.7 Å². The standard InChI is InChI=1S/C22H22N2O5/c1-15(21(27)23(2)14-16-7-4-3-5-8-16)29-22(28)17-9-6-10-18(13-17)24-19(25)11-12-20(24)26/h3-10,13,15H,11-12,14H2,1-2H3/t15-/m1/s1. The number of likely N-dealkylation sites (N-methyl/N-ethyl adjacent to an activating group) is 1. The van der Waals surface area contributed by atoms with E-state index in [2.05, 4.69) is 0 Å². The van der Waals surface area contributed by atoms with Gasteiger partial charge < -0.3 is 9.64 Å². The van der Waals surface area contributed by atoms with Crippen LogP contribution in [0.25, 0.3) is 0 Å². The quantitative estimate of drug-likeness (QED) is 0.555. The molecule has 0 spiro atoms. The van der Waals surface area contributed by atoms with Crippen molar-refractivity contribution in [1.29, 1.82) is 0 Å². The number of nitrogens with zero attached hydrogens (tertiary/aromatic N) is 2. The van der Waals surface area contributed by atoms with Crippen molar-refractivity contribution < 1.29 is 23.9 Å². The summed E-state index contributed by atoms with van der Waals surface area (Å²) in [6.45, 7) is 1.91. The van der Waals surface area contributed by atoms with Gasteiger partial charge in [0, 0.05) is 26.4 Å². The molecule has 7 nitrogen and oxygen atoms in total. The first-order chi connectivity index (χ1) is 13.9. The molecule has 29 heavy (non-hydrogen) atoms. The summed E-state index contributed by atoms with van der Waals surface area (Å²) in [4.78, 5) is 51.4. The summed E-state index contributed by atoms with van der Waals surface area (Å²) in [5.41, 5.74) is 1.46. The van der Waals surface area contributed by atoms with E-state index in [0.29, 0.717) is 12.2 Å². The topological polar surface area (TPSA) is 84.0 Å². The molecule has 3 amide bonds. The number of hydrogen-bond acceptors (Lipinski definition) is 5. The molecule has 150 valence electrons. The molecule has 1 atom stereocenters. The van der Waals surface area contributed by atoms with Crippen LogP contribution in [-0.2, 0) is 25.7 Å². The third-order valence-corrected chi connectivity index (χ3v) is 4.66. The van der Waals surface area contributed by atoms with Crippen LogP contribution in [0.4, 0.5) is 5.69 Å². The monoisotopic (exact) mass is 394 g/mol. The predicted octanol–water partition coefficient (Wildman–Crippen LogP) is 2.54. The Hall–Kier alpha value is -3.48. The number of amides is 3. The van der Waals surface area contributed by atoms with Crippen molar-refractivity contribution in [2.45, 2.75) is 32.4 Å². The first-order valence-corrected chi connectivity index (χ1v) is 9.32. The van der Waals surface area contributed by atoms with Crippen molar-refractivity contribution in [3.8, 4) is 0 Å².